The van der Waals surface area contributed by atoms with Crippen molar-refractivity contribution in [2.75, 3.05) is 0 Å². The number of rotatable bonds is 3. The molecule has 0 aromatic carbocycles. The van der Waals surface area contributed by atoms with Crippen LogP contribution in [0.15, 0.2) is 0 Å². The van der Waals surface area contributed by atoms with Crippen LogP contribution in [0.3, 0.4) is 0 Å². The maximum absolute atomic E-state index is 12.0. The molecule has 0 bridgehead atoms. The molecular weight excluding hydrogens is 224 g/mol. The van der Waals surface area contributed by atoms with Crippen LogP contribution in [0.1, 0.15) is 60.3 Å². The number of amides is 1. The van der Waals surface area contributed by atoms with Gasteiger partial charge in [-0.05, 0) is 36.5 Å². The number of hydrogen-bond donors (Lipinski definition) is 2. The topological polar surface area (TPSA) is 55.1 Å². The fraction of sp³-hybridized carbons (Fsp3) is 0.933. The molecule has 0 aromatic rings. The summed E-state index contributed by atoms with van der Waals surface area (Å²) in [6, 6.07) is 0.285. The van der Waals surface area contributed by atoms with E-state index in [9.17, 15) is 4.79 Å². The Kier molecular flexibility index (Phi) is 5.20. The lowest BCUT2D eigenvalue weighted by Crippen LogP contribution is -2.44. The van der Waals surface area contributed by atoms with E-state index in [1.165, 1.54) is 6.42 Å². The third-order valence-electron chi connectivity index (χ3n) is 4.48. The SMILES string of the molecule is CC1CCC(NC(=O)CC(N)C(C)(C)C)CC1C. The Balaban J connectivity index is 2.37. The molecule has 1 saturated carbocycles. The molecule has 4 atom stereocenters. The predicted molar refractivity (Wildman–Crippen MR) is 76.2 cm³/mol. The molecule has 1 aliphatic rings. The van der Waals surface area contributed by atoms with Crippen molar-refractivity contribution in [1.29, 1.82) is 0 Å². The summed E-state index contributed by atoms with van der Waals surface area (Å²) in [6.07, 6.45) is 3.88. The van der Waals surface area contributed by atoms with E-state index >= 15 is 0 Å². The zero-order valence-corrected chi connectivity index (χ0v) is 12.6. The van der Waals surface area contributed by atoms with Gasteiger partial charge in [-0.1, -0.05) is 34.6 Å². The Morgan fingerprint density at radius 2 is 1.89 bits per heavy atom. The third-order valence-corrected chi connectivity index (χ3v) is 4.48. The van der Waals surface area contributed by atoms with Crippen LogP contribution in [0.2, 0.25) is 0 Å². The molecule has 0 saturated heterocycles. The third kappa shape index (κ3) is 4.60. The van der Waals surface area contributed by atoms with Crippen LogP contribution in [0.4, 0.5) is 0 Å². The van der Waals surface area contributed by atoms with Crippen LogP contribution in [0, 0.1) is 17.3 Å². The van der Waals surface area contributed by atoms with Crippen molar-refractivity contribution in [3.8, 4) is 0 Å². The van der Waals surface area contributed by atoms with Crippen LogP contribution in [-0.4, -0.2) is 18.0 Å². The molecule has 1 fully saturated rings. The van der Waals surface area contributed by atoms with Gasteiger partial charge in [0, 0.05) is 18.5 Å². The first kappa shape index (κ1) is 15.5. The standard InChI is InChI=1S/C15H30N2O/c1-10-6-7-12(8-11(10)2)17-14(18)9-13(16)15(3,4)5/h10-13H,6-9,16H2,1-5H3,(H,17,18). The van der Waals surface area contributed by atoms with Gasteiger partial charge in [0.1, 0.15) is 0 Å². The van der Waals surface area contributed by atoms with Gasteiger partial charge in [0.15, 0.2) is 0 Å². The van der Waals surface area contributed by atoms with Crippen molar-refractivity contribution in [3.05, 3.63) is 0 Å². The molecule has 0 radical (unpaired) electrons. The number of nitrogens with two attached hydrogens (primary N) is 1. The molecular formula is C15H30N2O. The highest BCUT2D eigenvalue weighted by molar-refractivity contribution is 5.77. The lowest BCUT2D eigenvalue weighted by atomic mass is 9.79. The highest BCUT2D eigenvalue weighted by Gasteiger charge is 2.27. The van der Waals surface area contributed by atoms with Crippen molar-refractivity contribution >= 4 is 5.91 Å². The molecule has 0 heterocycles. The smallest absolute Gasteiger partial charge is 0.221 e. The summed E-state index contributed by atoms with van der Waals surface area (Å²) in [5.74, 6) is 1.61. The number of carbonyl (C=O) groups excluding carboxylic acids is 1. The van der Waals surface area contributed by atoms with E-state index < -0.39 is 0 Å². The zero-order chi connectivity index (χ0) is 13.9. The van der Waals surface area contributed by atoms with E-state index in [2.05, 4.69) is 39.9 Å². The first-order valence-corrected chi connectivity index (χ1v) is 7.25. The molecule has 0 spiro atoms. The lowest BCUT2D eigenvalue weighted by molar-refractivity contribution is -0.123. The Morgan fingerprint density at radius 1 is 1.28 bits per heavy atom. The van der Waals surface area contributed by atoms with Gasteiger partial charge in [-0.3, -0.25) is 4.79 Å². The van der Waals surface area contributed by atoms with Crippen molar-refractivity contribution in [1.82, 2.24) is 5.32 Å². The molecule has 1 aliphatic carbocycles. The van der Waals surface area contributed by atoms with Crippen LogP contribution in [0.25, 0.3) is 0 Å². The summed E-state index contributed by atoms with van der Waals surface area (Å²) >= 11 is 0. The average Bonchev–Trinajstić information content (AvgIpc) is 2.22. The minimum Gasteiger partial charge on any atom is -0.353 e. The first-order valence-electron chi connectivity index (χ1n) is 7.25. The van der Waals surface area contributed by atoms with Crippen molar-refractivity contribution in [3.63, 3.8) is 0 Å². The fourth-order valence-electron chi connectivity index (χ4n) is 2.47. The number of nitrogens with one attached hydrogen (secondary N) is 1. The molecule has 3 heteroatoms. The second kappa shape index (κ2) is 6.05. The molecule has 1 amide bonds. The summed E-state index contributed by atoms with van der Waals surface area (Å²) in [7, 11) is 0. The number of carbonyl (C=O) groups is 1. The summed E-state index contributed by atoms with van der Waals surface area (Å²) in [5, 5.41) is 3.15. The quantitative estimate of drug-likeness (QED) is 0.813. The van der Waals surface area contributed by atoms with Gasteiger partial charge < -0.3 is 11.1 Å². The lowest BCUT2D eigenvalue weighted by Gasteiger charge is -2.33. The Labute approximate surface area is 112 Å². The van der Waals surface area contributed by atoms with Crippen LogP contribution in [0.5, 0.6) is 0 Å². The summed E-state index contributed by atoms with van der Waals surface area (Å²) in [4.78, 5) is 12.0. The van der Waals surface area contributed by atoms with Gasteiger partial charge in [-0.15, -0.1) is 0 Å². The largest absolute Gasteiger partial charge is 0.353 e. The molecule has 3 N–H and O–H groups in total. The summed E-state index contributed by atoms with van der Waals surface area (Å²) in [6.45, 7) is 10.8. The molecule has 4 unspecified atom stereocenters. The van der Waals surface area contributed by atoms with Crippen molar-refractivity contribution in [2.45, 2.75) is 72.4 Å². The molecule has 18 heavy (non-hydrogen) atoms. The van der Waals surface area contributed by atoms with E-state index in [-0.39, 0.29) is 17.4 Å². The van der Waals surface area contributed by atoms with E-state index in [1.54, 1.807) is 0 Å². The van der Waals surface area contributed by atoms with Gasteiger partial charge in [0.2, 0.25) is 5.91 Å². The van der Waals surface area contributed by atoms with Gasteiger partial charge in [-0.2, -0.15) is 0 Å². The van der Waals surface area contributed by atoms with E-state index in [0.29, 0.717) is 18.4 Å². The van der Waals surface area contributed by atoms with Gasteiger partial charge in [0.05, 0.1) is 0 Å². The minimum atomic E-state index is -0.0718. The van der Waals surface area contributed by atoms with Crippen molar-refractivity contribution in [2.24, 2.45) is 23.0 Å². The average molecular weight is 254 g/mol. The Hall–Kier alpha value is -0.570. The van der Waals surface area contributed by atoms with Gasteiger partial charge >= 0.3 is 0 Å². The molecule has 106 valence electrons. The minimum absolute atomic E-state index is 0.00822. The van der Waals surface area contributed by atoms with Gasteiger partial charge in [0.25, 0.3) is 0 Å². The monoisotopic (exact) mass is 254 g/mol. The number of hydrogen-bond acceptors (Lipinski definition) is 2. The summed E-state index contributed by atoms with van der Waals surface area (Å²) < 4.78 is 0. The van der Waals surface area contributed by atoms with Crippen LogP contribution in [-0.2, 0) is 4.79 Å². The van der Waals surface area contributed by atoms with E-state index in [0.717, 1.165) is 18.8 Å². The van der Waals surface area contributed by atoms with Crippen LogP contribution < -0.4 is 11.1 Å². The molecule has 1 rings (SSSR count). The van der Waals surface area contributed by atoms with Crippen LogP contribution >= 0.6 is 0 Å². The second-order valence-corrected chi connectivity index (χ2v) is 7.21. The molecule has 0 aliphatic heterocycles. The second-order valence-electron chi connectivity index (χ2n) is 7.21. The predicted octanol–water partition coefficient (Wildman–Crippen LogP) is 2.69. The maximum atomic E-state index is 12.0. The zero-order valence-electron chi connectivity index (χ0n) is 12.6. The fourth-order valence-corrected chi connectivity index (χ4v) is 2.47. The summed E-state index contributed by atoms with van der Waals surface area (Å²) in [5.41, 5.74) is 6.04. The van der Waals surface area contributed by atoms with E-state index in [4.69, 9.17) is 5.73 Å². The first-order chi connectivity index (χ1) is 8.20. The highest BCUT2D eigenvalue weighted by Crippen LogP contribution is 2.29. The van der Waals surface area contributed by atoms with E-state index in [1.807, 2.05) is 0 Å². The highest BCUT2D eigenvalue weighted by atomic mass is 16.1. The molecule has 0 aromatic heterocycles. The van der Waals surface area contributed by atoms with Gasteiger partial charge in [-0.25, -0.2) is 0 Å². The van der Waals surface area contributed by atoms with Crippen molar-refractivity contribution < 1.29 is 4.79 Å². The normalized spacial score (nSPS) is 30.9. The Morgan fingerprint density at radius 3 is 2.39 bits per heavy atom. The molecule has 3 nitrogen and oxygen atoms in total. The maximum Gasteiger partial charge on any atom is 0.221 e. The Bertz CT molecular complexity index is 283.